The predicted octanol–water partition coefficient (Wildman–Crippen LogP) is 2.30. The first-order valence-electron chi connectivity index (χ1n) is 6.78. The van der Waals surface area contributed by atoms with Crippen LogP contribution in [0.15, 0.2) is 12.2 Å². The number of aliphatic carboxylic acids is 1. The van der Waals surface area contributed by atoms with Crippen molar-refractivity contribution in [3.8, 4) is 0 Å². The Morgan fingerprint density at radius 3 is 2.06 bits per heavy atom. The molecule has 0 bridgehead atoms. The first-order chi connectivity index (χ1) is 8.61. The van der Waals surface area contributed by atoms with E-state index in [9.17, 15) is 14.7 Å². The monoisotopic (exact) mass is 253 g/mol. The molecule has 1 rings (SSSR count). The van der Waals surface area contributed by atoms with E-state index in [1.807, 2.05) is 30.9 Å². The Morgan fingerprint density at radius 1 is 1.11 bits per heavy atom. The predicted molar refractivity (Wildman–Crippen MR) is 70.2 cm³/mol. The largest absolute Gasteiger partial charge is 0.481 e. The number of carbonyl (C=O) groups is 2. The number of hydrogen-bond donors (Lipinski definition) is 1. The van der Waals surface area contributed by atoms with E-state index in [0.29, 0.717) is 12.8 Å². The van der Waals surface area contributed by atoms with Gasteiger partial charge in [0.1, 0.15) is 0 Å². The Kier molecular flexibility index (Phi) is 5.89. The number of rotatable bonds is 6. The van der Waals surface area contributed by atoms with E-state index in [4.69, 9.17) is 0 Å². The summed E-state index contributed by atoms with van der Waals surface area (Å²) in [4.78, 5) is 25.4. The Balaban J connectivity index is 2.78. The fraction of sp³-hybridized carbons (Fsp3) is 0.714. The van der Waals surface area contributed by atoms with Crippen LogP contribution in [0.1, 0.15) is 39.5 Å². The average molecular weight is 253 g/mol. The van der Waals surface area contributed by atoms with Crippen molar-refractivity contribution in [1.82, 2.24) is 4.90 Å². The van der Waals surface area contributed by atoms with Gasteiger partial charge in [0, 0.05) is 13.1 Å². The van der Waals surface area contributed by atoms with Crippen molar-refractivity contribution in [1.29, 1.82) is 0 Å². The van der Waals surface area contributed by atoms with Crippen molar-refractivity contribution in [2.75, 3.05) is 13.1 Å². The van der Waals surface area contributed by atoms with E-state index in [2.05, 4.69) is 0 Å². The Morgan fingerprint density at radius 2 is 1.61 bits per heavy atom. The molecule has 0 aromatic rings. The highest BCUT2D eigenvalue weighted by molar-refractivity contribution is 5.85. The van der Waals surface area contributed by atoms with Gasteiger partial charge in [-0.1, -0.05) is 26.0 Å². The molecule has 102 valence electrons. The minimum Gasteiger partial charge on any atom is -0.481 e. The molecule has 0 aliphatic heterocycles. The van der Waals surface area contributed by atoms with Crippen LogP contribution in [-0.2, 0) is 9.59 Å². The van der Waals surface area contributed by atoms with Crippen LogP contribution in [0.25, 0.3) is 0 Å². The number of allylic oxidation sites excluding steroid dienone is 2. The third kappa shape index (κ3) is 3.59. The van der Waals surface area contributed by atoms with Gasteiger partial charge in [0.2, 0.25) is 5.91 Å². The summed E-state index contributed by atoms with van der Waals surface area (Å²) in [5, 5.41) is 9.19. The molecule has 0 unspecified atom stereocenters. The number of hydrogen-bond acceptors (Lipinski definition) is 2. The van der Waals surface area contributed by atoms with Crippen LogP contribution in [0, 0.1) is 11.8 Å². The normalized spacial score (nSPS) is 22.8. The van der Waals surface area contributed by atoms with Gasteiger partial charge in [0.25, 0.3) is 0 Å². The maximum Gasteiger partial charge on any atom is 0.307 e. The van der Waals surface area contributed by atoms with E-state index in [1.165, 1.54) is 0 Å². The first kappa shape index (κ1) is 14.7. The summed E-state index contributed by atoms with van der Waals surface area (Å²) in [6, 6.07) is 0. The Hall–Kier alpha value is -1.32. The second kappa shape index (κ2) is 7.19. The van der Waals surface area contributed by atoms with E-state index < -0.39 is 11.9 Å². The first-order valence-corrected chi connectivity index (χ1v) is 6.78. The summed E-state index contributed by atoms with van der Waals surface area (Å²) < 4.78 is 0. The number of carbonyl (C=O) groups excluding carboxylic acids is 1. The van der Waals surface area contributed by atoms with Crippen LogP contribution in [0.2, 0.25) is 0 Å². The van der Waals surface area contributed by atoms with E-state index >= 15 is 0 Å². The third-order valence-corrected chi connectivity index (χ3v) is 3.37. The van der Waals surface area contributed by atoms with Crippen molar-refractivity contribution in [2.24, 2.45) is 11.8 Å². The molecular weight excluding hydrogens is 230 g/mol. The second-order valence-electron chi connectivity index (χ2n) is 4.82. The lowest BCUT2D eigenvalue weighted by Gasteiger charge is -2.30. The molecule has 1 amide bonds. The fourth-order valence-electron chi connectivity index (χ4n) is 2.47. The zero-order valence-electron chi connectivity index (χ0n) is 11.3. The van der Waals surface area contributed by atoms with Gasteiger partial charge in [-0.15, -0.1) is 0 Å². The van der Waals surface area contributed by atoms with Crippen LogP contribution in [0.3, 0.4) is 0 Å². The lowest BCUT2D eigenvalue weighted by molar-refractivity contribution is -0.150. The Bertz CT molecular complexity index is 319. The highest BCUT2D eigenvalue weighted by atomic mass is 16.4. The van der Waals surface area contributed by atoms with Gasteiger partial charge in [-0.3, -0.25) is 9.59 Å². The van der Waals surface area contributed by atoms with Gasteiger partial charge in [0.15, 0.2) is 0 Å². The summed E-state index contributed by atoms with van der Waals surface area (Å²) in [5.74, 6) is -1.79. The quantitative estimate of drug-likeness (QED) is 0.739. The molecule has 4 nitrogen and oxygen atoms in total. The van der Waals surface area contributed by atoms with E-state index in [-0.39, 0.29) is 11.8 Å². The average Bonchev–Trinajstić information content (AvgIpc) is 2.37. The number of carboxylic acid groups (broad SMARTS) is 1. The maximum atomic E-state index is 12.4. The van der Waals surface area contributed by atoms with E-state index in [0.717, 1.165) is 25.9 Å². The van der Waals surface area contributed by atoms with Crippen LogP contribution in [-0.4, -0.2) is 35.0 Å². The molecule has 0 aromatic heterocycles. The molecular formula is C14H23NO3. The SMILES string of the molecule is CCCN(CCC)C(=O)[C@@H]1CC=CC[C@@H]1C(=O)O. The van der Waals surface area contributed by atoms with Gasteiger partial charge in [-0.05, 0) is 25.7 Å². The van der Waals surface area contributed by atoms with Crippen LogP contribution in [0.5, 0.6) is 0 Å². The van der Waals surface area contributed by atoms with Gasteiger partial charge < -0.3 is 10.0 Å². The number of nitrogens with zero attached hydrogens (tertiary/aromatic N) is 1. The molecule has 1 aliphatic carbocycles. The van der Waals surface area contributed by atoms with Crippen molar-refractivity contribution >= 4 is 11.9 Å². The molecule has 0 heterocycles. The number of carboxylic acids is 1. The summed E-state index contributed by atoms with van der Waals surface area (Å²) in [5.41, 5.74) is 0. The van der Waals surface area contributed by atoms with Crippen molar-refractivity contribution in [3.63, 3.8) is 0 Å². The fourth-order valence-corrected chi connectivity index (χ4v) is 2.47. The molecule has 0 saturated heterocycles. The number of amides is 1. The minimum absolute atomic E-state index is 0.00968. The topological polar surface area (TPSA) is 57.6 Å². The molecule has 0 spiro atoms. The van der Waals surface area contributed by atoms with Crippen molar-refractivity contribution < 1.29 is 14.7 Å². The highest BCUT2D eigenvalue weighted by Crippen LogP contribution is 2.27. The standard InChI is InChI=1S/C14H23NO3/c1-3-9-15(10-4-2)13(16)11-7-5-6-8-12(11)14(17)18/h5-6,11-12H,3-4,7-10H2,1-2H3,(H,17,18)/t11-,12+/m1/s1. The van der Waals surface area contributed by atoms with Crippen LogP contribution in [0.4, 0.5) is 0 Å². The molecule has 1 aliphatic rings. The molecule has 0 radical (unpaired) electrons. The van der Waals surface area contributed by atoms with Gasteiger partial charge in [-0.25, -0.2) is 0 Å². The molecule has 0 fully saturated rings. The second-order valence-corrected chi connectivity index (χ2v) is 4.82. The van der Waals surface area contributed by atoms with E-state index in [1.54, 1.807) is 0 Å². The minimum atomic E-state index is -0.856. The van der Waals surface area contributed by atoms with Gasteiger partial charge >= 0.3 is 5.97 Å². The summed E-state index contributed by atoms with van der Waals surface area (Å²) in [6.07, 6.45) is 6.64. The van der Waals surface area contributed by atoms with Gasteiger partial charge in [0.05, 0.1) is 11.8 Å². The smallest absolute Gasteiger partial charge is 0.307 e. The molecule has 0 saturated carbocycles. The molecule has 18 heavy (non-hydrogen) atoms. The van der Waals surface area contributed by atoms with Crippen molar-refractivity contribution in [2.45, 2.75) is 39.5 Å². The van der Waals surface area contributed by atoms with Gasteiger partial charge in [-0.2, -0.15) is 0 Å². The zero-order chi connectivity index (χ0) is 13.5. The van der Waals surface area contributed by atoms with Crippen molar-refractivity contribution in [3.05, 3.63) is 12.2 Å². The maximum absolute atomic E-state index is 12.4. The molecule has 1 N–H and O–H groups in total. The Labute approximate surface area is 109 Å². The lowest BCUT2D eigenvalue weighted by Crippen LogP contribution is -2.42. The molecule has 4 heteroatoms. The summed E-state index contributed by atoms with van der Waals surface area (Å²) in [7, 11) is 0. The summed E-state index contributed by atoms with van der Waals surface area (Å²) in [6.45, 7) is 5.51. The lowest BCUT2D eigenvalue weighted by atomic mass is 9.82. The van der Waals surface area contributed by atoms with Crippen LogP contribution < -0.4 is 0 Å². The third-order valence-electron chi connectivity index (χ3n) is 3.37. The van der Waals surface area contributed by atoms with Crippen LogP contribution >= 0.6 is 0 Å². The zero-order valence-corrected chi connectivity index (χ0v) is 11.3. The highest BCUT2D eigenvalue weighted by Gasteiger charge is 2.35. The summed E-state index contributed by atoms with van der Waals surface area (Å²) >= 11 is 0. The molecule has 2 atom stereocenters. The molecule has 0 aromatic carbocycles.